The van der Waals surface area contributed by atoms with Gasteiger partial charge in [0.2, 0.25) is 0 Å². The van der Waals surface area contributed by atoms with Crippen LogP contribution in [0.4, 0.5) is 0 Å². The van der Waals surface area contributed by atoms with E-state index in [0.29, 0.717) is 11.7 Å². The number of allylic oxidation sites excluding steroid dienone is 1. The number of carbonyl (C=O) groups is 1. The second-order valence-corrected chi connectivity index (χ2v) is 9.52. The molecule has 7 nitrogen and oxygen atoms in total. The highest BCUT2D eigenvalue weighted by atomic mass is 32.2. The van der Waals surface area contributed by atoms with E-state index in [4.69, 9.17) is 4.74 Å². The molecular formula is C26H31N5O2S. The van der Waals surface area contributed by atoms with Gasteiger partial charge in [-0.25, -0.2) is 5.43 Å². The number of thioether (sulfide) groups is 1. The van der Waals surface area contributed by atoms with Gasteiger partial charge in [-0.2, -0.15) is 5.10 Å². The summed E-state index contributed by atoms with van der Waals surface area (Å²) in [6.07, 6.45) is 5.14. The van der Waals surface area contributed by atoms with Gasteiger partial charge >= 0.3 is 0 Å². The highest BCUT2D eigenvalue weighted by Gasteiger charge is 2.17. The largest absolute Gasteiger partial charge is 0.496 e. The second kappa shape index (κ2) is 11.7. The molecule has 0 radical (unpaired) electrons. The smallest absolute Gasteiger partial charge is 0.250 e. The van der Waals surface area contributed by atoms with Crippen molar-refractivity contribution in [2.45, 2.75) is 44.8 Å². The first kappa shape index (κ1) is 25.2. The molecule has 0 saturated carbocycles. The molecule has 178 valence electrons. The van der Waals surface area contributed by atoms with Crippen molar-refractivity contribution in [1.29, 1.82) is 0 Å². The third kappa shape index (κ3) is 6.57. The maximum Gasteiger partial charge on any atom is 0.250 e. The Hall–Kier alpha value is -3.39. The maximum absolute atomic E-state index is 12.2. The number of para-hydroxylation sites is 1. The van der Waals surface area contributed by atoms with Gasteiger partial charge in [0.1, 0.15) is 5.75 Å². The van der Waals surface area contributed by atoms with Crippen LogP contribution in [-0.2, 0) is 16.8 Å². The van der Waals surface area contributed by atoms with Crippen molar-refractivity contribution in [3.63, 3.8) is 0 Å². The van der Waals surface area contributed by atoms with Crippen LogP contribution in [0.1, 0.15) is 38.8 Å². The van der Waals surface area contributed by atoms with Crippen LogP contribution in [0, 0.1) is 0 Å². The molecule has 0 bridgehead atoms. The van der Waals surface area contributed by atoms with Gasteiger partial charge in [0.15, 0.2) is 11.0 Å². The minimum absolute atomic E-state index is 0.0953. The highest BCUT2D eigenvalue weighted by Crippen LogP contribution is 2.27. The fraction of sp³-hybridized carbons (Fsp3) is 0.308. The van der Waals surface area contributed by atoms with Gasteiger partial charge in [0.25, 0.3) is 5.91 Å². The van der Waals surface area contributed by atoms with Crippen molar-refractivity contribution in [3.05, 3.63) is 65.7 Å². The Kier molecular flexibility index (Phi) is 8.65. The van der Waals surface area contributed by atoms with Gasteiger partial charge in [-0.05, 0) is 36.1 Å². The van der Waals surface area contributed by atoms with E-state index in [9.17, 15) is 4.79 Å². The summed E-state index contributed by atoms with van der Waals surface area (Å²) in [7, 11) is 1.63. The number of carbonyl (C=O) groups excluding carboxylic acids is 1. The number of amides is 1. The number of ether oxygens (including phenoxy) is 1. The number of methoxy groups -OCH3 is 1. The van der Waals surface area contributed by atoms with E-state index in [2.05, 4.69) is 65.8 Å². The Morgan fingerprint density at radius 1 is 1.15 bits per heavy atom. The lowest BCUT2D eigenvalue weighted by atomic mass is 9.87. The number of nitrogens with one attached hydrogen (secondary N) is 1. The molecule has 34 heavy (non-hydrogen) atoms. The quantitative estimate of drug-likeness (QED) is 0.261. The predicted molar refractivity (Wildman–Crippen MR) is 139 cm³/mol. The van der Waals surface area contributed by atoms with Crippen molar-refractivity contribution >= 4 is 30.0 Å². The Labute approximate surface area is 205 Å². The van der Waals surface area contributed by atoms with E-state index in [1.807, 2.05) is 41.8 Å². The molecule has 1 heterocycles. The SMILES string of the molecule is CCn1c(SCC(=O)N/N=C\C=C/c2ccccc2OC)nnc1-c1ccc(C(C)(C)C)cc1. The lowest BCUT2D eigenvalue weighted by Gasteiger charge is -2.19. The molecule has 0 aliphatic carbocycles. The number of nitrogens with zero attached hydrogens (tertiary/aromatic N) is 4. The summed E-state index contributed by atoms with van der Waals surface area (Å²) in [5.41, 5.74) is 5.83. The molecule has 1 aromatic heterocycles. The van der Waals surface area contributed by atoms with Crippen LogP contribution in [0.25, 0.3) is 17.5 Å². The molecule has 8 heteroatoms. The predicted octanol–water partition coefficient (Wildman–Crippen LogP) is 5.18. The third-order valence-electron chi connectivity index (χ3n) is 5.14. The monoisotopic (exact) mass is 477 g/mol. The van der Waals surface area contributed by atoms with Crippen molar-refractivity contribution in [2.24, 2.45) is 5.10 Å². The topological polar surface area (TPSA) is 81.4 Å². The molecule has 0 spiro atoms. The van der Waals surface area contributed by atoms with Crippen LogP contribution in [0.3, 0.4) is 0 Å². The van der Waals surface area contributed by atoms with Crippen LogP contribution in [0.15, 0.2) is 64.9 Å². The van der Waals surface area contributed by atoms with Crippen molar-refractivity contribution in [3.8, 4) is 17.1 Å². The molecule has 0 fully saturated rings. The third-order valence-corrected chi connectivity index (χ3v) is 6.11. The van der Waals surface area contributed by atoms with Crippen molar-refractivity contribution in [2.75, 3.05) is 12.9 Å². The van der Waals surface area contributed by atoms with E-state index in [0.717, 1.165) is 22.7 Å². The fourth-order valence-corrected chi connectivity index (χ4v) is 4.07. The summed E-state index contributed by atoms with van der Waals surface area (Å²) in [6.45, 7) is 9.32. The molecule has 1 amide bonds. The summed E-state index contributed by atoms with van der Waals surface area (Å²) in [5, 5.41) is 13.3. The zero-order chi connectivity index (χ0) is 24.6. The number of rotatable bonds is 9. The zero-order valence-corrected chi connectivity index (χ0v) is 21.1. The van der Waals surface area contributed by atoms with E-state index < -0.39 is 0 Å². The molecule has 0 unspecified atom stereocenters. The van der Waals surface area contributed by atoms with Gasteiger partial charge in [0.05, 0.1) is 12.9 Å². The zero-order valence-electron chi connectivity index (χ0n) is 20.3. The molecule has 2 aromatic carbocycles. The molecule has 0 atom stereocenters. The normalized spacial score (nSPS) is 11.9. The lowest BCUT2D eigenvalue weighted by Crippen LogP contribution is -2.19. The van der Waals surface area contributed by atoms with Gasteiger partial charge in [-0.15, -0.1) is 10.2 Å². The number of aromatic nitrogens is 3. The van der Waals surface area contributed by atoms with Gasteiger partial charge in [-0.3, -0.25) is 4.79 Å². The molecule has 1 N–H and O–H groups in total. The average molecular weight is 478 g/mol. The van der Waals surface area contributed by atoms with Crippen LogP contribution in [0.2, 0.25) is 0 Å². The minimum atomic E-state index is -0.214. The second-order valence-electron chi connectivity index (χ2n) is 8.58. The number of hydrogen-bond acceptors (Lipinski definition) is 6. The Morgan fingerprint density at radius 2 is 1.88 bits per heavy atom. The number of benzene rings is 2. The van der Waals surface area contributed by atoms with Gasteiger partial charge in [0, 0.05) is 23.9 Å². The molecule has 3 aromatic rings. The van der Waals surface area contributed by atoms with Crippen molar-refractivity contribution in [1.82, 2.24) is 20.2 Å². The van der Waals surface area contributed by atoms with E-state index in [1.165, 1.54) is 23.5 Å². The van der Waals surface area contributed by atoms with Gasteiger partial charge in [-0.1, -0.05) is 75.0 Å². The number of hydrogen-bond donors (Lipinski definition) is 1. The summed E-state index contributed by atoms with van der Waals surface area (Å²) in [6, 6.07) is 16.1. The van der Waals surface area contributed by atoms with E-state index in [-0.39, 0.29) is 17.1 Å². The highest BCUT2D eigenvalue weighted by molar-refractivity contribution is 7.99. The molecule has 0 aliphatic heterocycles. The first-order valence-corrected chi connectivity index (χ1v) is 12.1. The molecule has 0 saturated heterocycles. The first-order chi connectivity index (χ1) is 16.3. The first-order valence-electron chi connectivity index (χ1n) is 11.1. The molecule has 3 rings (SSSR count). The molecular weight excluding hydrogens is 446 g/mol. The molecule has 0 aliphatic rings. The Morgan fingerprint density at radius 3 is 2.56 bits per heavy atom. The van der Waals surface area contributed by atoms with Crippen LogP contribution >= 0.6 is 11.8 Å². The average Bonchev–Trinajstić information content (AvgIpc) is 3.25. The summed E-state index contributed by atoms with van der Waals surface area (Å²) in [4.78, 5) is 12.2. The lowest BCUT2D eigenvalue weighted by molar-refractivity contribution is -0.118. The summed E-state index contributed by atoms with van der Waals surface area (Å²) in [5.74, 6) is 1.55. The van der Waals surface area contributed by atoms with Crippen molar-refractivity contribution < 1.29 is 9.53 Å². The minimum Gasteiger partial charge on any atom is -0.496 e. The van der Waals surface area contributed by atoms with E-state index in [1.54, 1.807) is 13.2 Å². The summed E-state index contributed by atoms with van der Waals surface area (Å²) < 4.78 is 7.32. The standard InChI is InChI=1S/C26H31N5O2S/c1-6-31-24(20-13-15-21(16-14-20)26(2,3)4)29-30-25(31)34-18-23(32)28-27-17-9-11-19-10-7-8-12-22(19)33-5/h7-17H,6,18H2,1-5H3,(H,28,32)/b11-9-,27-17-. The summed E-state index contributed by atoms with van der Waals surface area (Å²) >= 11 is 1.34. The van der Waals surface area contributed by atoms with Gasteiger partial charge < -0.3 is 9.30 Å². The maximum atomic E-state index is 12.2. The fourth-order valence-electron chi connectivity index (χ4n) is 3.28. The van der Waals surface area contributed by atoms with Crippen LogP contribution in [-0.4, -0.2) is 39.7 Å². The van der Waals surface area contributed by atoms with Crippen LogP contribution < -0.4 is 10.2 Å². The Balaban J connectivity index is 1.56. The number of hydrazone groups is 1. The van der Waals surface area contributed by atoms with E-state index >= 15 is 0 Å². The van der Waals surface area contributed by atoms with Crippen LogP contribution in [0.5, 0.6) is 5.75 Å². The Bertz CT molecular complexity index is 1160.